The molecule has 0 atom stereocenters. The highest BCUT2D eigenvalue weighted by Crippen LogP contribution is 2.18. The van der Waals surface area contributed by atoms with Gasteiger partial charge < -0.3 is 5.32 Å². The molecule has 0 unspecified atom stereocenters. The summed E-state index contributed by atoms with van der Waals surface area (Å²) >= 11 is 0. The zero-order valence-corrected chi connectivity index (χ0v) is 8.88. The van der Waals surface area contributed by atoms with E-state index in [2.05, 4.69) is 49.4 Å². The molecule has 1 rings (SSSR count). The third kappa shape index (κ3) is 3.14. The third-order valence-corrected chi connectivity index (χ3v) is 2.15. The van der Waals surface area contributed by atoms with E-state index in [1.165, 1.54) is 5.56 Å². The van der Waals surface area contributed by atoms with Crippen molar-refractivity contribution in [3.05, 3.63) is 29.8 Å². The van der Waals surface area contributed by atoms with E-state index in [0.717, 1.165) is 18.7 Å². The quantitative estimate of drug-likeness (QED) is 0.563. The predicted molar refractivity (Wildman–Crippen MR) is 62.5 cm³/mol. The fraction of sp³-hybridized carbons (Fsp3) is 0.385. The molecule has 0 spiro atoms. The van der Waals surface area contributed by atoms with Gasteiger partial charge in [0.1, 0.15) is 0 Å². The lowest BCUT2D eigenvalue weighted by atomic mass is 10.0. The zero-order valence-electron chi connectivity index (χ0n) is 8.88. The summed E-state index contributed by atoms with van der Waals surface area (Å²) in [5, 5.41) is 3.30. The van der Waals surface area contributed by atoms with Gasteiger partial charge >= 0.3 is 0 Å². The molecule has 0 radical (unpaired) electrons. The minimum atomic E-state index is 0.574. The maximum Gasteiger partial charge on any atom is 0.0343 e. The molecule has 1 heteroatoms. The lowest BCUT2D eigenvalue weighted by molar-refractivity contribution is 0.866. The maximum atomic E-state index is 5.18. The smallest absolute Gasteiger partial charge is 0.0343 e. The normalized spacial score (nSPS) is 9.86. The highest BCUT2D eigenvalue weighted by atomic mass is 14.9. The SMILES string of the molecule is C#CCCNc1cccc(C(C)C)c1. The minimum absolute atomic E-state index is 0.574. The van der Waals surface area contributed by atoms with Gasteiger partial charge in [-0.3, -0.25) is 0 Å². The van der Waals surface area contributed by atoms with Crippen molar-refractivity contribution in [2.24, 2.45) is 0 Å². The average Bonchev–Trinajstić information content (AvgIpc) is 2.19. The van der Waals surface area contributed by atoms with E-state index in [1.807, 2.05) is 0 Å². The van der Waals surface area contributed by atoms with Gasteiger partial charge in [0.2, 0.25) is 0 Å². The van der Waals surface area contributed by atoms with Gasteiger partial charge in [0, 0.05) is 18.7 Å². The molecule has 0 saturated carbocycles. The van der Waals surface area contributed by atoms with Crippen LogP contribution in [-0.2, 0) is 0 Å². The zero-order chi connectivity index (χ0) is 10.4. The first-order chi connectivity index (χ1) is 6.74. The first kappa shape index (κ1) is 10.7. The molecule has 0 aromatic heterocycles. The second-order valence-electron chi connectivity index (χ2n) is 3.66. The number of anilines is 1. The summed E-state index contributed by atoms with van der Waals surface area (Å²) in [6.45, 7) is 5.24. The molecule has 0 bridgehead atoms. The summed E-state index contributed by atoms with van der Waals surface area (Å²) in [6, 6.07) is 8.48. The Morgan fingerprint density at radius 1 is 1.43 bits per heavy atom. The molecule has 1 aromatic rings. The molecule has 0 amide bonds. The van der Waals surface area contributed by atoms with Crippen molar-refractivity contribution >= 4 is 5.69 Å². The fourth-order valence-corrected chi connectivity index (χ4v) is 1.29. The van der Waals surface area contributed by atoms with Gasteiger partial charge in [0.05, 0.1) is 0 Å². The fourth-order valence-electron chi connectivity index (χ4n) is 1.29. The van der Waals surface area contributed by atoms with Crippen LogP contribution >= 0.6 is 0 Å². The summed E-state index contributed by atoms with van der Waals surface area (Å²) in [5.74, 6) is 3.19. The average molecular weight is 187 g/mol. The van der Waals surface area contributed by atoms with Crippen molar-refractivity contribution in [1.82, 2.24) is 0 Å². The number of nitrogens with one attached hydrogen (secondary N) is 1. The number of benzene rings is 1. The van der Waals surface area contributed by atoms with Crippen LogP contribution in [0.25, 0.3) is 0 Å². The lowest BCUT2D eigenvalue weighted by Gasteiger charge is -2.09. The summed E-state index contributed by atoms with van der Waals surface area (Å²) in [7, 11) is 0. The van der Waals surface area contributed by atoms with Crippen molar-refractivity contribution in [2.45, 2.75) is 26.2 Å². The van der Waals surface area contributed by atoms with Crippen LogP contribution in [0.4, 0.5) is 5.69 Å². The van der Waals surface area contributed by atoms with Crippen molar-refractivity contribution < 1.29 is 0 Å². The topological polar surface area (TPSA) is 12.0 Å². The van der Waals surface area contributed by atoms with E-state index < -0.39 is 0 Å². The summed E-state index contributed by atoms with van der Waals surface area (Å²) in [5.41, 5.74) is 2.52. The van der Waals surface area contributed by atoms with Gasteiger partial charge in [-0.05, 0) is 23.6 Å². The first-order valence-corrected chi connectivity index (χ1v) is 5.01. The Hall–Kier alpha value is -1.42. The molecule has 0 aliphatic carbocycles. The molecule has 14 heavy (non-hydrogen) atoms. The van der Waals surface area contributed by atoms with E-state index in [1.54, 1.807) is 0 Å². The number of rotatable bonds is 4. The van der Waals surface area contributed by atoms with Crippen molar-refractivity contribution in [2.75, 3.05) is 11.9 Å². The Balaban J connectivity index is 2.60. The Morgan fingerprint density at radius 3 is 2.86 bits per heavy atom. The Bertz CT molecular complexity index is 320. The molecule has 0 heterocycles. The molecule has 1 aromatic carbocycles. The molecule has 1 N–H and O–H groups in total. The van der Waals surface area contributed by atoms with Crippen LogP contribution in [0.5, 0.6) is 0 Å². The summed E-state index contributed by atoms with van der Waals surface area (Å²) in [4.78, 5) is 0. The van der Waals surface area contributed by atoms with Crippen LogP contribution < -0.4 is 5.32 Å². The summed E-state index contributed by atoms with van der Waals surface area (Å²) < 4.78 is 0. The number of hydrogen-bond acceptors (Lipinski definition) is 1. The van der Waals surface area contributed by atoms with Crippen molar-refractivity contribution in [3.8, 4) is 12.3 Å². The molecule has 1 nitrogen and oxygen atoms in total. The molecule has 0 saturated heterocycles. The highest BCUT2D eigenvalue weighted by molar-refractivity contribution is 5.46. The van der Waals surface area contributed by atoms with E-state index >= 15 is 0 Å². The second-order valence-corrected chi connectivity index (χ2v) is 3.66. The molecule has 74 valence electrons. The van der Waals surface area contributed by atoms with E-state index in [9.17, 15) is 0 Å². The summed E-state index contributed by atoms with van der Waals surface area (Å²) in [6.07, 6.45) is 5.95. The van der Waals surface area contributed by atoms with Crippen LogP contribution in [0.2, 0.25) is 0 Å². The second kappa shape index (κ2) is 5.34. The van der Waals surface area contributed by atoms with Crippen LogP contribution in [0.3, 0.4) is 0 Å². The Labute approximate surface area is 86.5 Å². The van der Waals surface area contributed by atoms with Crippen molar-refractivity contribution in [3.63, 3.8) is 0 Å². The van der Waals surface area contributed by atoms with Gasteiger partial charge in [0.25, 0.3) is 0 Å². The maximum absolute atomic E-state index is 5.18. The predicted octanol–water partition coefficient (Wildman–Crippen LogP) is 3.25. The first-order valence-electron chi connectivity index (χ1n) is 5.01. The van der Waals surface area contributed by atoms with Gasteiger partial charge in [-0.25, -0.2) is 0 Å². The highest BCUT2D eigenvalue weighted by Gasteiger charge is 1.98. The lowest BCUT2D eigenvalue weighted by Crippen LogP contribution is -2.00. The molecule has 0 aliphatic heterocycles. The van der Waals surface area contributed by atoms with Crippen LogP contribution in [0.15, 0.2) is 24.3 Å². The van der Waals surface area contributed by atoms with Gasteiger partial charge in [0.15, 0.2) is 0 Å². The third-order valence-electron chi connectivity index (χ3n) is 2.15. The Kier molecular flexibility index (Phi) is 4.07. The standard InChI is InChI=1S/C13H17N/c1-4-5-9-14-13-8-6-7-12(10-13)11(2)3/h1,6-8,10-11,14H,5,9H2,2-3H3. The monoisotopic (exact) mass is 187 g/mol. The van der Waals surface area contributed by atoms with Gasteiger partial charge in [-0.1, -0.05) is 26.0 Å². The van der Waals surface area contributed by atoms with Crippen LogP contribution in [0, 0.1) is 12.3 Å². The van der Waals surface area contributed by atoms with Crippen molar-refractivity contribution in [1.29, 1.82) is 0 Å². The van der Waals surface area contributed by atoms with Gasteiger partial charge in [-0.2, -0.15) is 0 Å². The van der Waals surface area contributed by atoms with Crippen LogP contribution in [-0.4, -0.2) is 6.54 Å². The minimum Gasteiger partial charge on any atom is -0.384 e. The number of terminal acetylenes is 1. The van der Waals surface area contributed by atoms with E-state index in [-0.39, 0.29) is 0 Å². The largest absolute Gasteiger partial charge is 0.384 e. The molecule has 0 fully saturated rings. The van der Waals surface area contributed by atoms with E-state index in [0.29, 0.717) is 5.92 Å². The molecule has 0 aliphatic rings. The number of hydrogen-bond donors (Lipinski definition) is 1. The van der Waals surface area contributed by atoms with Gasteiger partial charge in [-0.15, -0.1) is 12.3 Å². The van der Waals surface area contributed by atoms with E-state index in [4.69, 9.17) is 6.42 Å². The Morgan fingerprint density at radius 2 is 2.21 bits per heavy atom. The van der Waals surface area contributed by atoms with Crippen LogP contribution in [0.1, 0.15) is 31.7 Å². The molecular formula is C13H17N. The molecular weight excluding hydrogens is 170 g/mol.